The van der Waals surface area contributed by atoms with Gasteiger partial charge in [-0.2, -0.15) is 0 Å². The summed E-state index contributed by atoms with van der Waals surface area (Å²) in [7, 11) is 0. The second-order valence-electron chi connectivity index (χ2n) is 2.19. The third-order valence-electron chi connectivity index (χ3n) is 1.72. The van der Waals surface area contributed by atoms with Gasteiger partial charge in [-0.3, -0.25) is 0 Å². The molecule has 0 aromatic heterocycles. The molecule has 7 heavy (non-hydrogen) atoms. The van der Waals surface area contributed by atoms with Crippen molar-refractivity contribution in [1.29, 1.82) is 0 Å². The Bertz CT molecular complexity index is 106. The van der Waals surface area contributed by atoms with Gasteiger partial charge in [0.05, 0.1) is 0 Å². The van der Waals surface area contributed by atoms with Crippen LogP contribution in [0.15, 0.2) is 0 Å². The van der Waals surface area contributed by atoms with Crippen LogP contribution in [-0.2, 0) is 0 Å². The van der Waals surface area contributed by atoms with Gasteiger partial charge in [-0.25, -0.2) is 6.57 Å². The summed E-state index contributed by atoms with van der Waals surface area (Å²) in [6.07, 6.45) is 3.34. The standard InChI is InChI=1S/C6H9N/c1-3-6(7-2)4-5-6/h3-5H2,1H3. The molecule has 1 heteroatoms. The zero-order valence-corrected chi connectivity index (χ0v) is 4.57. The molecule has 0 spiro atoms. The molecule has 1 aliphatic carbocycles. The lowest BCUT2D eigenvalue weighted by molar-refractivity contribution is 0.753. The summed E-state index contributed by atoms with van der Waals surface area (Å²) in [5.74, 6) is 0. The molecule has 1 saturated carbocycles. The molecule has 0 bridgehead atoms. The molecule has 1 aliphatic rings. The Hall–Kier alpha value is -0.510. The van der Waals surface area contributed by atoms with Crippen molar-refractivity contribution in [3.63, 3.8) is 0 Å². The largest absolute Gasteiger partial charge is 0.310 e. The van der Waals surface area contributed by atoms with E-state index in [1.165, 1.54) is 0 Å². The molecule has 0 N–H and O–H groups in total. The first-order valence-corrected chi connectivity index (χ1v) is 2.71. The van der Waals surface area contributed by atoms with E-state index in [1.807, 2.05) is 0 Å². The van der Waals surface area contributed by atoms with Crippen molar-refractivity contribution in [1.82, 2.24) is 0 Å². The first kappa shape index (κ1) is 4.64. The molecule has 0 unspecified atom stereocenters. The summed E-state index contributed by atoms with van der Waals surface area (Å²) in [4.78, 5) is 3.50. The summed E-state index contributed by atoms with van der Waals surface area (Å²) in [6.45, 7) is 8.78. The highest BCUT2D eigenvalue weighted by atomic mass is 14.9. The smallest absolute Gasteiger partial charge is 0.233 e. The molecule has 1 nitrogen and oxygen atoms in total. The molecular weight excluding hydrogens is 86.1 g/mol. The van der Waals surface area contributed by atoms with Crippen molar-refractivity contribution in [2.45, 2.75) is 31.7 Å². The topological polar surface area (TPSA) is 4.36 Å². The quantitative estimate of drug-likeness (QED) is 0.438. The Kier molecular flexibility index (Phi) is 0.815. The van der Waals surface area contributed by atoms with Crippen molar-refractivity contribution < 1.29 is 0 Å². The van der Waals surface area contributed by atoms with Gasteiger partial charge < -0.3 is 4.85 Å². The minimum Gasteiger partial charge on any atom is -0.310 e. The highest BCUT2D eigenvalue weighted by Gasteiger charge is 2.48. The van der Waals surface area contributed by atoms with Crippen molar-refractivity contribution in [3.8, 4) is 0 Å². The van der Waals surface area contributed by atoms with E-state index in [4.69, 9.17) is 6.57 Å². The van der Waals surface area contributed by atoms with Crippen LogP contribution in [0.4, 0.5) is 0 Å². The summed E-state index contributed by atoms with van der Waals surface area (Å²) in [5.41, 5.74) is 0.125. The maximum atomic E-state index is 6.69. The molecule has 1 rings (SSSR count). The van der Waals surface area contributed by atoms with E-state index in [0.29, 0.717) is 0 Å². The van der Waals surface area contributed by atoms with Gasteiger partial charge in [0, 0.05) is 19.3 Å². The predicted molar refractivity (Wildman–Crippen MR) is 28.9 cm³/mol. The fraction of sp³-hybridized carbons (Fsp3) is 0.833. The van der Waals surface area contributed by atoms with Gasteiger partial charge in [-0.15, -0.1) is 0 Å². The van der Waals surface area contributed by atoms with E-state index in [9.17, 15) is 0 Å². The van der Waals surface area contributed by atoms with E-state index in [0.717, 1.165) is 19.3 Å². The van der Waals surface area contributed by atoms with E-state index in [1.54, 1.807) is 0 Å². The molecule has 0 aromatic carbocycles. The number of hydrogen-bond donors (Lipinski definition) is 0. The van der Waals surface area contributed by atoms with Gasteiger partial charge in [0.25, 0.3) is 0 Å². The lowest BCUT2D eigenvalue weighted by Gasteiger charge is -1.90. The molecule has 0 aliphatic heterocycles. The molecular formula is C6H9N. The second-order valence-corrected chi connectivity index (χ2v) is 2.19. The van der Waals surface area contributed by atoms with E-state index in [-0.39, 0.29) is 5.54 Å². The van der Waals surface area contributed by atoms with E-state index in [2.05, 4.69) is 11.8 Å². The molecule has 0 atom stereocenters. The zero-order chi connectivity index (χ0) is 5.33. The predicted octanol–water partition coefficient (Wildman–Crippen LogP) is 1.85. The summed E-state index contributed by atoms with van der Waals surface area (Å²) in [5, 5.41) is 0. The Morgan fingerprint density at radius 3 is 2.29 bits per heavy atom. The number of nitrogens with zero attached hydrogens (tertiary/aromatic N) is 1. The summed E-state index contributed by atoms with van der Waals surface area (Å²) in [6, 6.07) is 0. The van der Waals surface area contributed by atoms with E-state index >= 15 is 0 Å². The van der Waals surface area contributed by atoms with Crippen LogP contribution < -0.4 is 0 Å². The van der Waals surface area contributed by atoms with Gasteiger partial charge in [0.15, 0.2) is 0 Å². The molecule has 1 fully saturated rings. The molecule has 38 valence electrons. The number of hydrogen-bond acceptors (Lipinski definition) is 0. The van der Waals surface area contributed by atoms with Crippen LogP contribution >= 0.6 is 0 Å². The first-order valence-electron chi connectivity index (χ1n) is 2.71. The summed E-state index contributed by atoms with van der Waals surface area (Å²) < 4.78 is 0. The Morgan fingerprint density at radius 1 is 1.71 bits per heavy atom. The highest BCUT2D eigenvalue weighted by Crippen LogP contribution is 2.42. The zero-order valence-electron chi connectivity index (χ0n) is 4.57. The third kappa shape index (κ3) is 0.608. The number of rotatable bonds is 1. The molecule has 0 amide bonds. The van der Waals surface area contributed by atoms with Gasteiger partial charge >= 0.3 is 0 Å². The highest BCUT2D eigenvalue weighted by molar-refractivity contribution is 5.09. The van der Waals surface area contributed by atoms with Crippen LogP contribution in [0.2, 0.25) is 0 Å². The average Bonchev–Trinajstić information content (AvgIpc) is 2.46. The van der Waals surface area contributed by atoms with Crippen molar-refractivity contribution in [2.24, 2.45) is 0 Å². The fourth-order valence-corrected chi connectivity index (χ4v) is 0.689. The lowest BCUT2D eigenvalue weighted by atomic mass is 10.2. The Balaban J connectivity index is 2.47. The van der Waals surface area contributed by atoms with Crippen LogP contribution in [0.3, 0.4) is 0 Å². The van der Waals surface area contributed by atoms with Crippen LogP contribution in [0.5, 0.6) is 0 Å². The normalized spacial score (nSPS) is 23.4. The lowest BCUT2D eigenvalue weighted by Crippen LogP contribution is -1.95. The van der Waals surface area contributed by atoms with Crippen LogP contribution in [-0.4, -0.2) is 5.54 Å². The second kappa shape index (κ2) is 1.23. The summed E-state index contributed by atoms with van der Waals surface area (Å²) >= 11 is 0. The van der Waals surface area contributed by atoms with Gasteiger partial charge in [-0.1, -0.05) is 6.92 Å². The van der Waals surface area contributed by atoms with Crippen LogP contribution in [0, 0.1) is 6.57 Å². The SMILES string of the molecule is [C-]#[N+]C1(CC)CC1. The van der Waals surface area contributed by atoms with Crippen molar-refractivity contribution in [3.05, 3.63) is 11.4 Å². The van der Waals surface area contributed by atoms with Crippen molar-refractivity contribution >= 4 is 0 Å². The monoisotopic (exact) mass is 95.1 g/mol. The molecule has 0 aromatic rings. The fourth-order valence-electron chi connectivity index (χ4n) is 0.689. The van der Waals surface area contributed by atoms with Gasteiger partial charge in [-0.05, 0) is 0 Å². The molecule has 0 heterocycles. The molecule has 0 radical (unpaired) electrons. The average molecular weight is 95.1 g/mol. The molecule has 0 saturated heterocycles. The minimum atomic E-state index is 0.125. The van der Waals surface area contributed by atoms with Crippen molar-refractivity contribution in [2.75, 3.05) is 0 Å². The third-order valence-corrected chi connectivity index (χ3v) is 1.72. The van der Waals surface area contributed by atoms with Gasteiger partial charge in [0.1, 0.15) is 0 Å². The first-order chi connectivity index (χ1) is 3.33. The maximum absolute atomic E-state index is 6.69. The van der Waals surface area contributed by atoms with Crippen LogP contribution in [0.25, 0.3) is 4.85 Å². The van der Waals surface area contributed by atoms with Gasteiger partial charge in [0.2, 0.25) is 5.54 Å². The minimum absolute atomic E-state index is 0.125. The van der Waals surface area contributed by atoms with Crippen LogP contribution in [0.1, 0.15) is 26.2 Å². The Morgan fingerprint density at radius 2 is 2.29 bits per heavy atom. The Labute approximate surface area is 44.2 Å². The van der Waals surface area contributed by atoms with E-state index < -0.39 is 0 Å². The maximum Gasteiger partial charge on any atom is 0.233 e.